The number of fused-ring (bicyclic) bond motifs is 2. The van der Waals surface area contributed by atoms with Crippen LogP contribution in [0, 0.1) is 11.8 Å². The molecule has 2 aliphatic rings. The summed E-state index contributed by atoms with van der Waals surface area (Å²) in [6.07, 6.45) is 3.80. The first kappa shape index (κ1) is 14.8. The minimum absolute atomic E-state index is 0.303. The van der Waals surface area contributed by atoms with E-state index in [1.807, 2.05) is 31.2 Å². The van der Waals surface area contributed by atoms with Gasteiger partial charge in [0.2, 0.25) is 5.91 Å². The van der Waals surface area contributed by atoms with Crippen LogP contribution in [0.4, 0.5) is 5.69 Å². The summed E-state index contributed by atoms with van der Waals surface area (Å²) < 4.78 is 5.71. The summed E-state index contributed by atoms with van der Waals surface area (Å²) in [4.78, 5) is 24.2. The highest BCUT2D eigenvalue weighted by atomic mass is 16.5. The van der Waals surface area contributed by atoms with Crippen molar-refractivity contribution in [1.82, 2.24) is 0 Å². The van der Waals surface area contributed by atoms with Gasteiger partial charge in [0.25, 0.3) is 0 Å². The summed E-state index contributed by atoms with van der Waals surface area (Å²) in [6, 6.07) is 7.55. The average molecular weight is 301 g/mol. The lowest BCUT2D eigenvalue weighted by atomic mass is 9.75. The largest absolute Gasteiger partial charge is 0.481 e. The van der Waals surface area contributed by atoms with Crippen LogP contribution in [0.5, 0.6) is 0 Å². The van der Waals surface area contributed by atoms with Crippen molar-refractivity contribution in [2.24, 2.45) is 11.8 Å². The lowest BCUT2D eigenvalue weighted by molar-refractivity contribution is -0.146. The maximum atomic E-state index is 12.7. The molecule has 3 rings (SSSR count). The molecule has 0 unspecified atom stereocenters. The van der Waals surface area contributed by atoms with E-state index in [-0.39, 0.29) is 5.91 Å². The fourth-order valence-corrected chi connectivity index (χ4v) is 3.44. The lowest BCUT2D eigenvalue weighted by Crippen LogP contribution is -2.44. The number of para-hydroxylation sites is 1. The smallest absolute Gasteiger partial charge is 0.310 e. The number of aliphatic carboxylic acids is 1. The van der Waals surface area contributed by atoms with Crippen molar-refractivity contribution in [2.75, 3.05) is 5.32 Å². The molecule has 1 aromatic carbocycles. The topological polar surface area (TPSA) is 75.6 Å². The molecule has 1 aromatic rings. The van der Waals surface area contributed by atoms with Crippen LogP contribution in [0.2, 0.25) is 0 Å². The van der Waals surface area contributed by atoms with Gasteiger partial charge in [-0.25, -0.2) is 0 Å². The minimum Gasteiger partial charge on any atom is -0.481 e. The van der Waals surface area contributed by atoms with Crippen molar-refractivity contribution in [1.29, 1.82) is 0 Å². The number of carboxylic acids is 1. The number of rotatable bonds is 4. The van der Waals surface area contributed by atoms with E-state index < -0.39 is 29.5 Å². The molecule has 2 heterocycles. The quantitative estimate of drug-likeness (QED) is 0.836. The number of carbonyl (C=O) groups excluding carboxylic acids is 1. The molecule has 0 aromatic heterocycles. The van der Waals surface area contributed by atoms with Gasteiger partial charge in [0.1, 0.15) is 5.92 Å². The van der Waals surface area contributed by atoms with E-state index in [4.69, 9.17) is 4.74 Å². The number of aryl methyl sites for hydroxylation is 1. The van der Waals surface area contributed by atoms with E-state index in [1.165, 1.54) is 0 Å². The summed E-state index contributed by atoms with van der Waals surface area (Å²) in [5.74, 6) is -2.88. The zero-order valence-electron chi connectivity index (χ0n) is 12.6. The fraction of sp³-hybridized carbons (Fsp3) is 0.412. The Kier molecular flexibility index (Phi) is 3.53. The Morgan fingerprint density at radius 2 is 2.09 bits per heavy atom. The van der Waals surface area contributed by atoms with Crippen molar-refractivity contribution in [3.63, 3.8) is 0 Å². The van der Waals surface area contributed by atoms with Gasteiger partial charge in [-0.15, -0.1) is 0 Å². The summed E-state index contributed by atoms with van der Waals surface area (Å²) in [7, 11) is 0. The van der Waals surface area contributed by atoms with Crippen LogP contribution in [0.15, 0.2) is 36.4 Å². The van der Waals surface area contributed by atoms with Gasteiger partial charge in [0, 0.05) is 5.69 Å². The molecule has 1 fully saturated rings. The SMILES string of the molecule is CCc1ccccc1NC(=O)[C@H]1[C@@H](C(=O)O)[C@H]2C=C[C@@]1(C)O2. The second-order valence-electron chi connectivity index (χ2n) is 5.97. The number of anilines is 1. The summed E-state index contributed by atoms with van der Waals surface area (Å²) in [5.41, 5.74) is 0.904. The van der Waals surface area contributed by atoms with Gasteiger partial charge in [-0.2, -0.15) is 0 Å². The van der Waals surface area contributed by atoms with Gasteiger partial charge >= 0.3 is 5.97 Å². The third kappa shape index (κ3) is 2.22. The van der Waals surface area contributed by atoms with Crippen LogP contribution in [-0.4, -0.2) is 28.7 Å². The molecule has 1 amide bonds. The van der Waals surface area contributed by atoms with Crippen LogP contribution in [0.1, 0.15) is 19.4 Å². The highest BCUT2D eigenvalue weighted by Gasteiger charge is 2.59. The molecular formula is C17H19NO4. The standard InChI is InChI=1S/C17H19NO4/c1-3-10-6-4-5-7-11(10)18-15(19)14-13(16(20)21)12-8-9-17(14,2)22-12/h4-9,12-14H,3H2,1-2H3,(H,18,19)(H,20,21)/t12-,13+,14-,17-/m1/s1. The van der Waals surface area contributed by atoms with Gasteiger partial charge < -0.3 is 15.2 Å². The molecule has 22 heavy (non-hydrogen) atoms. The highest BCUT2D eigenvalue weighted by Crippen LogP contribution is 2.47. The third-order valence-electron chi connectivity index (χ3n) is 4.56. The number of amides is 1. The van der Waals surface area contributed by atoms with Crippen molar-refractivity contribution < 1.29 is 19.4 Å². The molecule has 0 radical (unpaired) electrons. The molecule has 0 spiro atoms. The second kappa shape index (κ2) is 5.25. The Balaban J connectivity index is 1.88. The molecule has 116 valence electrons. The Labute approximate surface area is 129 Å². The Morgan fingerprint density at radius 3 is 2.77 bits per heavy atom. The van der Waals surface area contributed by atoms with E-state index in [1.54, 1.807) is 19.1 Å². The number of carbonyl (C=O) groups is 2. The first-order chi connectivity index (χ1) is 10.5. The normalized spacial score (nSPS) is 32.2. The predicted molar refractivity (Wildman–Crippen MR) is 81.5 cm³/mol. The summed E-state index contributed by atoms with van der Waals surface area (Å²) in [5, 5.41) is 12.3. The molecular weight excluding hydrogens is 282 g/mol. The van der Waals surface area contributed by atoms with Crippen LogP contribution >= 0.6 is 0 Å². The molecule has 2 aliphatic heterocycles. The zero-order chi connectivity index (χ0) is 15.9. The highest BCUT2D eigenvalue weighted by molar-refractivity contribution is 5.97. The maximum Gasteiger partial charge on any atom is 0.310 e. The molecule has 1 saturated heterocycles. The molecule has 0 aliphatic carbocycles. The second-order valence-corrected chi connectivity index (χ2v) is 5.97. The Morgan fingerprint density at radius 1 is 1.36 bits per heavy atom. The number of hydrogen-bond donors (Lipinski definition) is 2. The third-order valence-corrected chi connectivity index (χ3v) is 4.56. The van der Waals surface area contributed by atoms with Crippen LogP contribution in [-0.2, 0) is 20.7 Å². The maximum absolute atomic E-state index is 12.7. The number of carboxylic acid groups (broad SMARTS) is 1. The van der Waals surface area contributed by atoms with Crippen LogP contribution in [0.3, 0.4) is 0 Å². The van der Waals surface area contributed by atoms with Crippen LogP contribution < -0.4 is 5.32 Å². The Hall–Kier alpha value is -2.14. The monoisotopic (exact) mass is 301 g/mol. The zero-order valence-corrected chi connectivity index (χ0v) is 12.6. The molecule has 5 heteroatoms. The van der Waals surface area contributed by atoms with E-state index in [0.717, 1.165) is 17.7 Å². The molecule has 4 atom stereocenters. The number of hydrogen-bond acceptors (Lipinski definition) is 3. The van der Waals surface area contributed by atoms with Crippen molar-refractivity contribution in [3.05, 3.63) is 42.0 Å². The number of ether oxygens (including phenoxy) is 1. The first-order valence-electron chi connectivity index (χ1n) is 7.45. The molecule has 2 bridgehead atoms. The van der Waals surface area contributed by atoms with Crippen molar-refractivity contribution >= 4 is 17.6 Å². The van der Waals surface area contributed by atoms with E-state index in [0.29, 0.717) is 0 Å². The fourth-order valence-electron chi connectivity index (χ4n) is 3.44. The molecule has 2 N–H and O–H groups in total. The van der Waals surface area contributed by atoms with Gasteiger partial charge in [-0.05, 0) is 25.0 Å². The number of nitrogens with one attached hydrogen (secondary N) is 1. The Bertz CT molecular complexity index is 654. The summed E-state index contributed by atoms with van der Waals surface area (Å²) >= 11 is 0. The van der Waals surface area contributed by atoms with E-state index in [9.17, 15) is 14.7 Å². The van der Waals surface area contributed by atoms with Gasteiger partial charge in [0.05, 0.1) is 17.6 Å². The average Bonchev–Trinajstić information content (AvgIpc) is 3.00. The van der Waals surface area contributed by atoms with Gasteiger partial charge in [0.15, 0.2) is 0 Å². The predicted octanol–water partition coefficient (Wildman–Crippen LogP) is 2.23. The summed E-state index contributed by atoms with van der Waals surface area (Å²) in [6.45, 7) is 3.78. The van der Waals surface area contributed by atoms with Crippen LogP contribution in [0.25, 0.3) is 0 Å². The number of benzene rings is 1. The van der Waals surface area contributed by atoms with E-state index in [2.05, 4.69) is 5.32 Å². The van der Waals surface area contributed by atoms with Crippen molar-refractivity contribution in [2.45, 2.75) is 32.0 Å². The minimum atomic E-state index is -0.998. The first-order valence-corrected chi connectivity index (χ1v) is 7.45. The van der Waals surface area contributed by atoms with Gasteiger partial charge in [-0.3, -0.25) is 9.59 Å². The van der Waals surface area contributed by atoms with E-state index >= 15 is 0 Å². The van der Waals surface area contributed by atoms with Gasteiger partial charge in [-0.1, -0.05) is 37.3 Å². The molecule has 0 saturated carbocycles. The lowest BCUT2D eigenvalue weighted by Gasteiger charge is -2.28. The molecule has 5 nitrogen and oxygen atoms in total. The van der Waals surface area contributed by atoms with Crippen molar-refractivity contribution in [3.8, 4) is 0 Å².